The van der Waals surface area contributed by atoms with E-state index >= 15 is 0 Å². The van der Waals surface area contributed by atoms with Crippen LogP contribution in [0.2, 0.25) is 0 Å². The van der Waals surface area contributed by atoms with Gasteiger partial charge in [-0.05, 0) is 69.3 Å². The number of aromatic nitrogens is 2. The van der Waals surface area contributed by atoms with Gasteiger partial charge in [0.1, 0.15) is 11.3 Å². The average Bonchev–Trinajstić information content (AvgIpc) is 2.74. The Hall–Kier alpha value is -2.15. The molecule has 2 fully saturated rings. The molecule has 4 rings (SSSR count). The van der Waals surface area contributed by atoms with Gasteiger partial charge >= 0.3 is 0 Å². The molecular weight excluding hydrogens is 398 g/mol. The molecule has 2 atom stereocenters. The number of carbonyl (C=O) groups is 1. The summed E-state index contributed by atoms with van der Waals surface area (Å²) in [7, 11) is 2.14. The lowest BCUT2D eigenvalue weighted by Crippen LogP contribution is -2.40. The Morgan fingerprint density at radius 1 is 1.06 bits per heavy atom. The molecule has 0 amide bonds. The maximum Gasteiger partial charge on any atom is 0.266 e. The van der Waals surface area contributed by atoms with Crippen LogP contribution in [0.15, 0.2) is 24.5 Å². The number of likely N-dealkylation sites (tertiary alicyclic amines) is 1. The van der Waals surface area contributed by atoms with Gasteiger partial charge in [0.05, 0.1) is 11.2 Å². The minimum atomic E-state index is -2.58. The molecule has 2 aromatic rings. The van der Waals surface area contributed by atoms with Crippen LogP contribution in [0.1, 0.15) is 51.0 Å². The second kappa shape index (κ2) is 9.55. The predicted molar refractivity (Wildman–Crippen MR) is 118 cm³/mol. The maximum absolute atomic E-state index is 13.4. The smallest absolute Gasteiger partial charge is 0.266 e. The molecule has 7 heteroatoms. The van der Waals surface area contributed by atoms with Gasteiger partial charge in [0.25, 0.3) is 6.43 Å². The highest BCUT2D eigenvalue weighted by molar-refractivity contribution is 5.90. The molecule has 1 aromatic heterocycles. The Kier molecular flexibility index (Phi) is 6.80. The molecule has 0 unspecified atom stereocenters. The number of anilines is 1. The zero-order valence-electron chi connectivity index (χ0n) is 18.4. The summed E-state index contributed by atoms with van der Waals surface area (Å²) >= 11 is 0. The molecule has 0 bridgehead atoms. The van der Waals surface area contributed by atoms with Crippen molar-refractivity contribution in [3.63, 3.8) is 0 Å². The average molecular weight is 431 g/mol. The van der Waals surface area contributed by atoms with Crippen LogP contribution in [0.4, 0.5) is 14.5 Å². The van der Waals surface area contributed by atoms with Crippen LogP contribution in [-0.2, 0) is 4.79 Å². The molecule has 2 aliphatic heterocycles. The number of piperidine rings is 2. The van der Waals surface area contributed by atoms with E-state index in [-0.39, 0.29) is 17.0 Å². The molecule has 1 aromatic carbocycles. The third kappa shape index (κ3) is 5.20. The number of carbonyl (C=O) groups excluding carboxylic acids is 1. The van der Waals surface area contributed by atoms with E-state index in [4.69, 9.17) is 0 Å². The first-order valence-electron chi connectivity index (χ1n) is 11.4. The van der Waals surface area contributed by atoms with Crippen molar-refractivity contribution in [1.82, 2.24) is 14.9 Å². The molecular formula is C24H32F2N4O. The number of alkyl halides is 2. The Labute approximate surface area is 182 Å². The number of nitrogens with zero attached hydrogens (tertiary/aromatic N) is 4. The first-order chi connectivity index (χ1) is 14.9. The highest BCUT2D eigenvalue weighted by Crippen LogP contribution is 2.35. The molecule has 168 valence electrons. The molecule has 0 spiro atoms. The van der Waals surface area contributed by atoms with Gasteiger partial charge < -0.3 is 9.80 Å². The number of fused-ring (bicyclic) bond motifs is 1. The van der Waals surface area contributed by atoms with Crippen molar-refractivity contribution in [2.45, 2.75) is 45.5 Å². The lowest BCUT2D eigenvalue weighted by molar-refractivity contribution is -0.121. The molecule has 3 heterocycles. The van der Waals surface area contributed by atoms with Gasteiger partial charge in [0.15, 0.2) is 0 Å². The fraction of sp³-hybridized carbons (Fsp3) is 0.625. The van der Waals surface area contributed by atoms with Gasteiger partial charge in [-0.25, -0.2) is 8.78 Å². The second-order valence-electron chi connectivity index (χ2n) is 9.53. The Bertz CT molecular complexity index is 914. The van der Waals surface area contributed by atoms with Crippen molar-refractivity contribution in [2.75, 3.05) is 38.1 Å². The van der Waals surface area contributed by atoms with Crippen LogP contribution in [0.5, 0.6) is 0 Å². The van der Waals surface area contributed by atoms with Gasteiger partial charge in [-0.15, -0.1) is 0 Å². The van der Waals surface area contributed by atoms with Crippen molar-refractivity contribution < 1.29 is 13.6 Å². The van der Waals surface area contributed by atoms with E-state index in [0.29, 0.717) is 36.0 Å². The van der Waals surface area contributed by atoms with E-state index in [1.165, 1.54) is 12.3 Å². The summed E-state index contributed by atoms with van der Waals surface area (Å²) in [5, 5.41) is 0. The summed E-state index contributed by atoms with van der Waals surface area (Å²) in [5.74, 6) is 1.59. The third-order valence-corrected chi connectivity index (χ3v) is 6.83. The van der Waals surface area contributed by atoms with Crippen LogP contribution >= 0.6 is 0 Å². The maximum atomic E-state index is 13.4. The first kappa shape index (κ1) is 22.1. The fourth-order valence-electron chi connectivity index (χ4n) is 5.31. The SMILES string of the molecule is C[C@H]1C[C@@H](CC(=O)CC2CCN(C)CC2)CN(c2ccc(C(F)F)c3nccnc23)C1. The summed E-state index contributed by atoms with van der Waals surface area (Å²) in [5.41, 5.74) is 1.54. The van der Waals surface area contributed by atoms with E-state index in [1.54, 1.807) is 12.3 Å². The number of Topliss-reactive ketones (excluding diaryl/α,β-unsaturated/α-hetero) is 1. The van der Waals surface area contributed by atoms with Crippen molar-refractivity contribution in [2.24, 2.45) is 17.8 Å². The van der Waals surface area contributed by atoms with E-state index in [1.807, 2.05) is 0 Å². The van der Waals surface area contributed by atoms with Gasteiger partial charge in [0, 0.05) is 43.9 Å². The van der Waals surface area contributed by atoms with Crippen LogP contribution in [0.25, 0.3) is 11.0 Å². The third-order valence-electron chi connectivity index (χ3n) is 6.83. The van der Waals surface area contributed by atoms with Gasteiger partial charge in [-0.2, -0.15) is 0 Å². The monoisotopic (exact) mass is 430 g/mol. The van der Waals surface area contributed by atoms with Crippen molar-refractivity contribution in [3.05, 3.63) is 30.1 Å². The number of benzene rings is 1. The Morgan fingerprint density at radius 2 is 1.74 bits per heavy atom. The number of hydrogen-bond donors (Lipinski definition) is 0. The molecule has 0 radical (unpaired) electrons. The second-order valence-corrected chi connectivity index (χ2v) is 9.53. The van der Waals surface area contributed by atoms with E-state index in [9.17, 15) is 13.6 Å². The molecule has 0 N–H and O–H groups in total. The summed E-state index contributed by atoms with van der Waals surface area (Å²) in [6, 6.07) is 3.21. The molecule has 2 saturated heterocycles. The van der Waals surface area contributed by atoms with Gasteiger partial charge in [-0.1, -0.05) is 6.92 Å². The standard InChI is InChI=1S/C24H32F2N4O/c1-16-11-18(13-19(31)12-17-5-9-29(2)10-6-17)15-30(14-16)21-4-3-20(24(25)26)22-23(21)28-8-7-27-22/h3-4,7-8,16-18,24H,5-6,9-15H2,1-2H3/t16-,18-/m0/s1. The first-order valence-corrected chi connectivity index (χ1v) is 11.4. The molecule has 31 heavy (non-hydrogen) atoms. The van der Waals surface area contributed by atoms with Crippen LogP contribution in [0.3, 0.4) is 0 Å². The van der Waals surface area contributed by atoms with Crippen molar-refractivity contribution in [3.8, 4) is 0 Å². The largest absolute Gasteiger partial charge is 0.369 e. The quantitative estimate of drug-likeness (QED) is 0.664. The highest BCUT2D eigenvalue weighted by Gasteiger charge is 2.29. The molecule has 0 saturated carbocycles. The number of ketones is 1. The van der Waals surface area contributed by atoms with Crippen LogP contribution in [-0.4, -0.2) is 53.9 Å². The number of halogens is 2. The summed E-state index contributed by atoms with van der Waals surface area (Å²) in [6.07, 6.45) is 4.96. The lowest BCUT2D eigenvalue weighted by atomic mass is 9.84. The zero-order chi connectivity index (χ0) is 22.0. The van der Waals surface area contributed by atoms with Crippen molar-refractivity contribution in [1.29, 1.82) is 0 Å². The minimum Gasteiger partial charge on any atom is -0.369 e. The van der Waals surface area contributed by atoms with Crippen LogP contribution < -0.4 is 4.90 Å². The van der Waals surface area contributed by atoms with Crippen molar-refractivity contribution >= 4 is 22.5 Å². The molecule has 2 aliphatic rings. The topological polar surface area (TPSA) is 49.3 Å². The van der Waals surface area contributed by atoms with Crippen LogP contribution in [0, 0.1) is 17.8 Å². The summed E-state index contributed by atoms with van der Waals surface area (Å²) in [4.78, 5) is 25.9. The summed E-state index contributed by atoms with van der Waals surface area (Å²) < 4.78 is 26.9. The minimum absolute atomic E-state index is 0.0817. The Balaban J connectivity index is 1.47. The Morgan fingerprint density at radius 3 is 2.45 bits per heavy atom. The van der Waals surface area contributed by atoms with E-state index in [0.717, 1.165) is 51.1 Å². The zero-order valence-corrected chi connectivity index (χ0v) is 18.4. The van der Waals surface area contributed by atoms with Gasteiger partial charge in [0.2, 0.25) is 0 Å². The number of hydrogen-bond acceptors (Lipinski definition) is 5. The van der Waals surface area contributed by atoms with Gasteiger partial charge in [-0.3, -0.25) is 14.8 Å². The lowest BCUT2D eigenvalue weighted by Gasteiger charge is -2.38. The fourth-order valence-corrected chi connectivity index (χ4v) is 5.31. The van der Waals surface area contributed by atoms with E-state index in [2.05, 4.69) is 33.7 Å². The van der Waals surface area contributed by atoms with E-state index < -0.39 is 6.43 Å². The molecule has 5 nitrogen and oxygen atoms in total. The summed E-state index contributed by atoms with van der Waals surface area (Å²) in [6.45, 7) is 5.94. The number of rotatable bonds is 6. The normalized spacial score (nSPS) is 23.6. The highest BCUT2D eigenvalue weighted by atomic mass is 19.3. The predicted octanol–water partition coefficient (Wildman–Crippen LogP) is 4.72. The molecule has 0 aliphatic carbocycles.